The average molecular weight is 333 g/mol. The summed E-state index contributed by atoms with van der Waals surface area (Å²) in [6.45, 7) is 0. The molecule has 1 amide bonds. The lowest BCUT2D eigenvalue weighted by molar-refractivity contribution is 0.0954. The largest absolute Gasteiger partial charge is 0.508 e. The van der Waals surface area contributed by atoms with Crippen molar-refractivity contribution in [1.29, 1.82) is 0 Å². The highest BCUT2D eigenvalue weighted by Crippen LogP contribution is 2.25. The van der Waals surface area contributed by atoms with Gasteiger partial charge in [-0.15, -0.1) is 0 Å². The van der Waals surface area contributed by atoms with Gasteiger partial charge in [0, 0.05) is 35.2 Å². The van der Waals surface area contributed by atoms with E-state index in [0.717, 1.165) is 0 Å². The Morgan fingerprint density at radius 1 is 0.920 bits per heavy atom. The molecule has 3 aromatic rings. The summed E-state index contributed by atoms with van der Waals surface area (Å²) in [5.41, 5.74) is 4.37. The molecule has 6 nitrogen and oxygen atoms in total. The highest BCUT2D eigenvalue weighted by molar-refractivity contribution is 6.15. The van der Waals surface area contributed by atoms with Gasteiger partial charge in [-0.25, -0.2) is 5.43 Å². The van der Waals surface area contributed by atoms with Crippen LogP contribution >= 0.6 is 0 Å². The first-order valence-electron chi connectivity index (χ1n) is 7.51. The van der Waals surface area contributed by atoms with Crippen molar-refractivity contribution in [2.24, 2.45) is 5.10 Å². The second-order valence-corrected chi connectivity index (χ2v) is 5.20. The summed E-state index contributed by atoms with van der Waals surface area (Å²) in [4.78, 5) is 16.1. The summed E-state index contributed by atoms with van der Waals surface area (Å²) in [7, 11) is 0. The predicted molar refractivity (Wildman–Crippen MR) is 93.6 cm³/mol. The van der Waals surface area contributed by atoms with Gasteiger partial charge in [0.1, 0.15) is 17.2 Å². The van der Waals surface area contributed by atoms with Crippen LogP contribution in [-0.2, 0) is 0 Å². The smallest absolute Gasteiger partial charge is 0.271 e. The molecule has 0 bridgehead atoms. The fraction of sp³-hybridized carbons (Fsp3) is 0. The lowest BCUT2D eigenvalue weighted by atomic mass is 10.0. The number of phenolic OH excluding ortho intramolecular Hbond substituents is 2. The molecule has 25 heavy (non-hydrogen) atoms. The second kappa shape index (κ2) is 7.27. The highest BCUT2D eigenvalue weighted by atomic mass is 16.3. The monoisotopic (exact) mass is 333 g/mol. The number of hydrogen-bond donors (Lipinski definition) is 3. The van der Waals surface area contributed by atoms with Crippen LogP contribution < -0.4 is 5.43 Å². The number of aromatic nitrogens is 1. The van der Waals surface area contributed by atoms with Crippen molar-refractivity contribution in [3.63, 3.8) is 0 Å². The van der Waals surface area contributed by atoms with Gasteiger partial charge in [-0.05, 0) is 24.3 Å². The van der Waals surface area contributed by atoms with Crippen molar-refractivity contribution in [2.75, 3.05) is 0 Å². The van der Waals surface area contributed by atoms with E-state index in [-0.39, 0.29) is 11.5 Å². The third kappa shape index (κ3) is 3.81. The number of phenols is 2. The zero-order valence-corrected chi connectivity index (χ0v) is 13.1. The number of hydrazone groups is 1. The van der Waals surface area contributed by atoms with Gasteiger partial charge in [0.05, 0.1) is 0 Å². The molecule has 0 unspecified atom stereocenters. The molecule has 0 saturated heterocycles. The van der Waals surface area contributed by atoms with E-state index in [1.54, 1.807) is 12.1 Å². The van der Waals surface area contributed by atoms with E-state index in [1.165, 1.54) is 30.6 Å². The standard InChI is InChI=1S/C19H15N3O3/c23-15-6-7-16(17(24)12-15)18(13-4-2-1-3-5-13)21-22-19(25)14-8-10-20-11-9-14/h1-12,23-24H,(H,22,25)/b21-18+. The lowest BCUT2D eigenvalue weighted by Crippen LogP contribution is -2.20. The Bertz CT molecular complexity index is 910. The van der Waals surface area contributed by atoms with E-state index in [1.807, 2.05) is 30.3 Å². The zero-order valence-electron chi connectivity index (χ0n) is 13.1. The number of amides is 1. The van der Waals surface area contributed by atoms with Crippen molar-refractivity contribution in [3.8, 4) is 11.5 Å². The van der Waals surface area contributed by atoms with E-state index < -0.39 is 5.91 Å². The first-order valence-corrected chi connectivity index (χ1v) is 7.51. The molecule has 0 fully saturated rings. The number of pyridine rings is 1. The molecule has 1 heterocycles. The van der Waals surface area contributed by atoms with Crippen molar-refractivity contribution < 1.29 is 15.0 Å². The van der Waals surface area contributed by atoms with Crippen LogP contribution in [0.2, 0.25) is 0 Å². The van der Waals surface area contributed by atoms with E-state index in [2.05, 4.69) is 15.5 Å². The first-order chi connectivity index (χ1) is 12.1. The second-order valence-electron chi connectivity index (χ2n) is 5.20. The molecular formula is C19H15N3O3. The summed E-state index contributed by atoms with van der Waals surface area (Å²) in [6.07, 6.45) is 3.03. The number of aromatic hydroxyl groups is 2. The molecule has 0 aliphatic carbocycles. The Balaban J connectivity index is 1.98. The quantitative estimate of drug-likeness (QED) is 0.505. The first kappa shape index (κ1) is 16.2. The van der Waals surface area contributed by atoms with Gasteiger partial charge >= 0.3 is 0 Å². The van der Waals surface area contributed by atoms with Crippen molar-refractivity contribution in [2.45, 2.75) is 0 Å². The number of rotatable bonds is 4. The number of nitrogens with zero attached hydrogens (tertiary/aromatic N) is 2. The lowest BCUT2D eigenvalue weighted by Gasteiger charge is -2.10. The van der Waals surface area contributed by atoms with Crippen LogP contribution in [0, 0.1) is 0 Å². The number of benzene rings is 2. The van der Waals surface area contributed by atoms with Gasteiger partial charge in [-0.2, -0.15) is 5.10 Å². The molecule has 0 spiro atoms. The molecule has 0 aliphatic heterocycles. The summed E-state index contributed by atoms with van der Waals surface area (Å²) in [5.74, 6) is -0.593. The van der Waals surface area contributed by atoms with Crippen molar-refractivity contribution in [1.82, 2.24) is 10.4 Å². The van der Waals surface area contributed by atoms with Crippen LogP contribution in [-0.4, -0.2) is 26.8 Å². The Morgan fingerprint density at radius 2 is 1.64 bits per heavy atom. The van der Waals surface area contributed by atoms with Crippen LogP contribution in [0.15, 0.2) is 78.2 Å². The predicted octanol–water partition coefficient (Wildman–Crippen LogP) is 2.68. The fourth-order valence-corrected chi connectivity index (χ4v) is 2.27. The Kier molecular flexibility index (Phi) is 4.71. The SMILES string of the molecule is O=C(N/N=C(\c1ccccc1)c1ccc(O)cc1O)c1ccncc1. The van der Waals surface area contributed by atoms with Crippen LogP contribution in [0.4, 0.5) is 0 Å². The summed E-state index contributed by atoms with van der Waals surface area (Å²) >= 11 is 0. The maximum Gasteiger partial charge on any atom is 0.271 e. The minimum Gasteiger partial charge on any atom is -0.508 e. The van der Waals surface area contributed by atoms with E-state index in [9.17, 15) is 15.0 Å². The van der Waals surface area contributed by atoms with E-state index in [0.29, 0.717) is 22.4 Å². The summed E-state index contributed by atoms with van der Waals surface area (Å²) < 4.78 is 0. The topological polar surface area (TPSA) is 94.8 Å². The molecule has 0 saturated carbocycles. The van der Waals surface area contributed by atoms with Crippen molar-refractivity contribution >= 4 is 11.6 Å². The molecule has 0 aliphatic rings. The number of hydrogen-bond acceptors (Lipinski definition) is 5. The van der Waals surface area contributed by atoms with Gasteiger partial charge in [0.15, 0.2) is 0 Å². The van der Waals surface area contributed by atoms with Crippen LogP contribution in [0.25, 0.3) is 0 Å². The fourth-order valence-electron chi connectivity index (χ4n) is 2.27. The molecule has 6 heteroatoms. The third-order valence-electron chi connectivity index (χ3n) is 3.50. The van der Waals surface area contributed by atoms with Gasteiger partial charge in [0.2, 0.25) is 0 Å². The van der Waals surface area contributed by atoms with Crippen molar-refractivity contribution in [3.05, 3.63) is 89.7 Å². The van der Waals surface area contributed by atoms with E-state index >= 15 is 0 Å². The van der Waals surface area contributed by atoms with Gasteiger partial charge in [0.25, 0.3) is 5.91 Å². The highest BCUT2D eigenvalue weighted by Gasteiger charge is 2.13. The maximum atomic E-state index is 12.2. The van der Waals surface area contributed by atoms with Crippen LogP contribution in [0.1, 0.15) is 21.5 Å². The Morgan fingerprint density at radius 3 is 2.32 bits per heavy atom. The number of carbonyl (C=O) groups excluding carboxylic acids is 1. The molecule has 124 valence electrons. The molecule has 3 rings (SSSR count). The van der Waals surface area contributed by atoms with E-state index in [4.69, 9.17) is 0 Å². The molecular weight excluding hydrogens is 318 g/mol. The minimum absolute atomic E-state index is 0.0607. The third-order valence-corrected chi connectivity index (χ3v) is 3.50. The number of nitrogens with one attached hydrogen (secondary N) is 1. The average Bonchev–Trinajstić information content (AvgIpc) is 2.64. The maximum absolute atomic E-state index is 12.2. The Labute approximate surface area is 144 Å². The molecule has 0 atom stereocenters. The zero-order chi connectivity index (χ0) is 17.6. The van der Waals surface area contributed by atoms with Gasteiger partial charge in [-0.1, -0.05) is 30.3 Å². The normalized spacial score (nSPS) is 11.1. The Hall–Kier alpha value is -3.67. The summed E-state index contributed by atoms with van der Waals surface area (Å²) in [5, 5.41) is 23.8. The summed E-state index contributed by atoms with van der Waals surface area (Å²) in [6, 6.07) is 16.5. The number of carbonyl (C=O) groups is 1. The van der Waals surface area contributed by atoms with Crippen LogP contribution in [0.3, 0.4) is 0 Å². The molecule has 0 radical (unpaired) electrons. The minimum atomic E-state index is -0.394. The molecule has 2 aromatic carbocycles. The molecule has 3 N–H and O–H groups in total. The molecule has 1 aromatic heterocycles. The van der Waals surface area contributed by atoms with Gasteiger partial charge in [-0.3, -0.25) is 9.78 Å². The van der Waals surface area contributed by atoms with Gasteiger partial charge < -0.3 is 10.2 Å². The van der Waals surface area contributed by atoms with Crippen LogP contribution in [0.5, 0.6) is 11.5 Å².